The molecular formula is C10H7Cl2F4NO3S. The molecule has 0 N–H and O–H groups in total. The highest BCUT2D eigenvalue weighted by atomic mass is 35.7. The Morgan fingerprint density at radius 2 is 1.86 bits per heavy atom. The van der Waals surface area contributed by atoms with Gasteiger partial charge >= 0.3 is 6.18 Å². The molecule has 0 saturated carbocycles. The third-order valence-corrected chi connectivity index (χ3v) is 3.99. The van der Waals surface area contributed by atoms with E-state index in [2.05, 4.69) is 0 Å². The molecule has 1 aromatic rings. The average molecular weight is 368 g/mol. The van der Waals surface area contributed by atoms with Gasteiger partial charge in [0.25, 0.3) is 15.0 Å². The molecular weight excluding hydrogens is 361 g/mol. The van der Waals surface area contributed by atoms with Gasteiger partial charge in [0.05, 0.1) is 15.5 Å². The van der Waals surface area contributed by atoms with E-state index in [-0.39, 0.29) is 4.90 Å². The van der Waals surface area contributed by atoms with Gasteiger partial charge in [0.1, 0.15) is 12.4 Å². The molecule has 0 fully saturated rings. The standard InChI is InChI=1S/C10H7Cl2F4NO3S/c1-17(4-10(14,15)16)9(18)6-2-5(21(12,19)20)3-7(13)8(6)11/h2-3H,4H2,1H3. The molecule has 1 rings (SSSR count). The first kappa shape index (κ1) is 18.0. The van der Waals surface area contributed by atoms with Crippen LogP contribution in [0.4, 0.5) is 17.6 Å². The molecule has 0 aliphatic rings. The first-order valence-corrected chi connectivity index (χ1v) is 7.77. The summed E-state index contributed by atoms with van der Waals surface area (Å²) in [6, 6.07) is 1.08. The number of hydrogen-bond donors (Lipinski definition) is 0. The van der Waals surface area contributed by atoms with E-state index >= 15 is 0 Å². The highest BCUT2D eigenvalue weighted by Gasteiger charge is 2.32. The predicted molar refractivity (Wildman–Crippen MR) is 67.5 cm³/mol. The number of nitrogens with zero attached hydrogens (tertiary/aromatic N) is 1. The maximum atomic E-state index is 13.5. The SMILES string of the molecule is CN(CC(F)(F)F)C(=O)c1cc(S(=O)(=O)Cl)cc(F)c1Cl. The number of alkyl halides is 3. The summed E-state index contributed by atoms with van der Waals surface area (Å²) in [6.07, 6.45) is -4.67. The van der Waals surface area contributed by atoms with Crippen molar-refractivity contribution in [3.8, 4) is 0 Å². The van der Waals surface area contributed by atoms with Crippen molar-refractivity contribution in [1.29, 1.82) is 0 Å². The van der Waals surface area contributed by atoms with Crippen LogP contribution in [0.1, 0.15) is 10.4 Å². The lowest BCUT2D eigenvalue weighted by Gasteiger charge is -2.19. The highest BCUT2D eigenvalue weighted by molar-refractivity contribution is 8.13. The quantitative estimate of drug-likeness (QED) is 0.609. The van der Waals surface area contributed by atoms with Crippen molar-refractivity contribution in [2.75, 3.05) is 13.6 Å². The number of rotatable bonds is 3. The summed E-state index contributed by atoms with van der Waals surface area (Å²) in [4.78, 5) is 11.3. The van der Waals surface area contributed by atoms with Gasteiger partial charge in [0, 0.05) is 17.7 Å². The maximum Gasteiger partial charge on any atom is 0.406 e. The van der Waals surface area contributed by atoms with E-state index in [9.17, 15) is 30.8 Å². The second-order valence-electron chi connectivity index (χ2n) is 3.98. The molecule has 118 valence electrons. The van der Waals surface area contributed by atoms with Crippen LogP contribution in [0.5, 0.6) is 0 Å². The van der Waals surface area contributed by atoms with Gasteiger partial charge in [-0.3, -0.25) is 4.79 Å². The van der Waals surface area contributed by atoms with Gasteiger partial charge < -0.3 is 4.90 Å². The number of amides is 1. The summed E-state index contributed by atoms with van der Waals surface area (Å²) in [5.74, 6) is -2.58. The zero-order valence-corrected chi connectivity index (χ0v) is 12.5. The topological polar surface area (TPSA) is 54.5 Å². The molecule has 0 saturated heterocycles. The van der Waals surface area contributed by atoms with Crippen LogP contribution in [0, 0.1) is 5.82 Å². The van der Waals surface area contributed by atoms with Gasteiger partial charge in [-0.25, -0.2) is 12.8 Å². The Labute approximate surface area is 126 Å². The van der Waals surface area contributed by atoms with Gasteiger partial charge in [0.15, 0.2) is 0 Å². The second-order valence-corrected chi connectivity index (χ2v) is 6.92. The van der Waals surface area contributed by atoms with Crippen molar-refractivity contribution in [2.45, 2.75) is 11.1 Å². The van der Waals surface area contributed by atoms with E-state index in [1.807, 2.05) is 0 Å². The fraction of sp³-hybridized carbons (Fsp3) is 0.300. The molecule has 4 nitrogen and oxygen atoms in total. The van der Waals surface area contributed by atoms with Gasteiger partial charge in [-0.1, -0.05) is 11.6 Å². The zero-order valence-electron chi connectivity index (χ0n) is 10.2. The van der Waals surface area contributed by atoms with E-state index in [1.165, 1.54) is 0 Å². The summed E-state index contributed by atoms with van der Waals surface area (Å²) in [5, 5.41) is -0.793. The van der Waals surface area contributed by atoms with E-state index in [1.54, 1.807) is 0 Å². The van der Waals surface area contributed by atoms with Gasteiger partial charge in [-0.05, 0) is 12.1 Å². The Kier molecular flexibility index (Phi) is 5.12. The Balaban J connectivity index is 3.30. The monoisotopic (exact) mass is 367 g/mol. The van der Waals surface area contributed by atoms with E-state index in [0.29, 0.717) is 12.1 Å². The van der Waals surface area contributed by atoms with Crippen molar-refractivity contribution in [3.63, 3.8) is 0 Å². The van der Waals surface area contributed by atoms with Crippen LogP contribution < -0.4 is 0 Å². The first-order valence-electron chi connectivity index (χ1n) is 5.09. The Morgan fingerprint density at radius 1 is 1.33 bits per heavy atom. The number of hydrogen-bond acceptors (Lipinski definition) is 3. The fourth-order valence-electron chi connectivity index (χ4n) is 1.41. The molecule has 0 unspecified atom stereocenters. The van der Waals surface area contributed by atoms with Crippen LogP contribution in [0.15, 0.2) is 17.0 Å². The van der Waals surface area contributed by atoms with Crippen molar-refractivity contribution in [1.82, 2.24) is 4.90 Å². The summed E-state index contributed by atoms with van der Waals surface area (Å²) < 4.78 is 72.4. The van der Waals surface area contributed by atoms with E-state index in [0.717, 1.165) is 7.05 Å². The van der Waals surface area contributed by atoms with Gasteiger partial charge in [-0.2, -0.15) is 13.2 Å². The molecule has 0 aliphatic heterocycles. The molecule has 0 radical (unpaired) electrons. The van der Waals surface area contributed by atoms with E-state index in [4.69, 9.17) is 22.3 Å². The lowest BCUT2D eigenvalue weighted by Crippen LogP contribution is -2.36. The van der Waals surface area contributed by atoms with Crippen LogP contribution in [0.3, 0.4) is 0 Å². The highest BCUT2D eigenvalue weighted by Crippen LogP contribution is 2.28. The van der Waals surface area contributed by atoms with Crippen LogP contribution in [0.2, 0.25) is 5.02 Å². The minimum atomic E-state index is -4.67. The molecule has 0 aromatic heterocycles. The van der Waals surface area contributed by atoms with Crippen LogP contribution in [-0.4, -0.2) is 39.0 Å². The van der Waals surface area contributed by atoms with Crippen molar-refractivity contribution in [3.05, 3.63) is 28.5 Å². The Bertz CT molecular complexity index is 676. The normalized spacial score (nSPS) is 12.3. The third-order valence-electron chi connectivity index (χ3n) is 2.28. The Morgan fingerprint density at radius 3 is 2.29 bits per heavy atom. The zero-order chi connectivity index (χ0) is 16.6. The summed E-state index contributed by atoms with van der Waals surface area (Å²) in [5.41, 5.74) is -0.734. The smallest absolute Gasteiger partial charge is 0.333 e. The molecule has 0 bridgehead atoms. The number of benzene rings is 1. The second kappa shape index (κ2) is 5.98. The Hall–Kier alpha value is -1.06. The largest absolute Gasteiger partial charge is 0.406 e. The first-order chi connectivity index (χ1) is 9.33. The average Bonchev–Trinajstić information content (AvgIpc) is 2.27. The van der Waals surface area contributed by atoms with E-state index < -0.39 is 49.0 Å². The van der Waals surface area contributed by atoms with Crippen LogP contribution in [-0.2, 0) is 9.05 Å². The summed E-state index contributed by atoms with van der Waals surface area (Å²) >= 11 is 5.48. The molecule has 11 heteroatoms. The van der Waals surface area contributed by atoms with Crippen molar-refractivity contribution in [2.24, 2.45) is 0 Å². The van der Waals surface area contributed by atoms with Crippen LogP contribution in [0.25, 0.3) is 0 Å². The third kappa shape index (κ3) is 4.72. The summed E-state index contributed by atoms with van der Waals surface area (Å²) in [6.45, 7) is -1.61. The molecule has 0 aliphatic carbocycles. The molecule has 21 heavy (non-hydrogen) atoms. The fourth-order valence-corrected chi connectivity index (χ4v) is 2.37. The van der Waals surface area contributed by atoms with Crippen molar-refractivity contribution < 1.29 is 30.8 Å². The molecule has 0 atom stereocenters. The van der Waals surface area contributed by atoms with Gasteiger partial charge in [-0.15, -0.1) is 0 Å². The van der Waals surface area contributed by atoms with Crippen molar-refractivity contribution >= 4 is 37.2 Å². The molecule has 1 amide bonds. The number of halogens is 6. The lowest BCUT2D eigenvalue weighted by atomic mass is 10.2. The molecule has 1 aromatic carbocycles. The van der Waals surface area contributed by atoms with Gasteiger partial charge in [0.2, 0.25) is 0 Å². The molecule has 0 heterocycles. The molecule has 0 spiro atoms. The summed E-state index contributed by atoms with van der Waals surface area (Å²) in [7, 11) is 1.44. The van der Waals surface area contributed by atoms with Crippen LogP contribution >= 0.6 is 22.3 Å². The minimum Gasteiger partial charge on any atom is -0.333 e. The predicted octanol–water partition coefficient (Wildman–Crippen LogP) is 3.04. The maximum absolute atomic E-state index is 13.5. The number of carbonyl (C=O) groups excluding carboxylic acids is 1. The lowest BCUT2D eigenvalue weighted by molar-refractivity contribution is -0.138. The minimum absolute atomic E-state index is 0.227. The number of carbonyl (C=O) groups is 1.